The molecule has 1 atom stereocenters. The summed E-state index contributed by atoms with van der Waals surface area (Å²) >= 11 is -1.81. The monoisotopic (exact) mass is 149 g/mol. The summed E-state index contributed by atoms with van der Waals surface area (Å²) in [5, 5.41) is 0. The Labute approximate surface area is 57.3 Å². The molecule has 1 saturated carbocycles. The van der Waals surface area contributed by atoms with E-state index in [0.717, 1.165) is 12.8 Å². The van der Waals surface area contributed by atoms with E-state index in [1.807, 2.05) is 0 Å². The van der Waals surface area contributed by atoms with Crippen LogP contribution in [0.15, 0.2) is 0 Å². The van der Waals surface area contributed by atoms with E-state index in [1.54, 1.807) is 0 Å². The van der Waals surface area contributed by atoms with Gasteiger partial charge in [0, 0.05) is 6.04 Å². The third-order valence-corrected chi connectivity index (χ3v) is 2.16. The van der Waals surface area contributed by atoms with Crippen LogP contribution in [0.25, 0.3) is 0 Å². The van der Waals surface area contributed by atoms with E-state index in [1.165, 1.54) is 12.8 Å². The lowest BCUT2D eigenvalue weighted by Crippen LogP contribution is -2.27. The molecule has 0 aromatic rings. The van der Waals surface area contributed by atoms with E-state index in [-0.39, 0.29) is 6.04 Å². The molecule has 0 heterocycles. The molecule has 0 radical (unpaired) electrons. The third-order valence-electron chi connectivity index (χ3n) is 1.62. The molecule has 0 bridgehead atoms. The highest BCUT2D eigenvalue weighted by atomic mass is 32.2. The topological polar surface area (TPSA) is 49.3 Å². The van der Waals surface area contributed by atoms with E-state index in [2.05, 4.69) is 4.72 Å². The molecule has 54 valence electrons. The Morgan fingerprint density at radius 1 is 1.44 bits per heavy atom. The van der Waals surface area contributed by atoms with Crippen LogP contribution in [0, 0.1) is 0 Å². The molecule has 9 heavy (non-hydrogen) atoms. The first-order chi connectivity index (χ1) is 4.29. The van der Waals surface area contributed by atoms with Crippen LogP contribution in [-0.2, 0) is 11.3 Å². The minimum Gasteiger partial charge on any atom is -0.294 e. The molecule has 0 aromatic carbocycles. The predicted molar refractivity (Wildman–Crippen MR) is 36.2 cm³/mol. The number of rotatable bonds is 2. The van der Waals surface area contributed by atoms with Crippen molar-refractivity contribution in [2.24, 2.45) is 0 Å². The molecule has 1 aliphatic carbocycles. The number of nitrogens with one attached hydrogen (secondary N) is 1. The first-order valence-corrected chi connectivity index (χ1v) is 4.27. The molecule has 0 aromatic heterocycles. The summed E-state index contributed by atoms with van der Waals surface area (Å²) in [6.45, 7) is 0. The number of hydrogen-bond acceptors (Lipinski definition) is 1. The van der Waals surface area contributed by atoms with Crippen molar-refractivity contribution in [3.63, 3.8) is 0 Å². The summed E-state index contributed by atoms with van der Waals surface area (Å²) in [6.07, 6.45) is 4.47. The summed E-state index contributed by atoms with van der Waals surface area (Å²) in [7, 11) is 0. The summed E-state index contributed by atoms with van der Waals surface area (Å²) in [6, 6.07) is 0.288. The Kier molecular flexibility index (Phi) is 2.63. The van der Waals surface area contributed by atoms with Gasteiger partial charge in [0.1, 0.15) is 0 Å². The van der Waals surface area contributed by atoms with Crippen LogP contribution in [0.2, 0.25) is 0 Å². The first kappa shape index (κ1) is 7.18. The van der Waals surface area contributed by atoms with Crippen LogP contribution >= 0.6 is 0 Å². The first-order valence-electron chi connectivity index (χ1n) is 3.16. The van der Waals surface area contributed by atoms with E-state index in [0.29, 0.717) is 0 Å². The van der Waals surface area contributed by atoms with Crippen molar-refractivity contribution in [2.45, 2.75) is 31.7 Å². The maximum absolute atomic E-state index is 10.2. The molecule has 3 nitrogen and oxygen atoms in total. The predicted octanol–water partition coefficient (Wildman–Crippen LogP) is 0.655. The average molecular weight is 149 g/mol. The summed E-state index contributed by atoms with van der Waals surface area (Å²) in [5.74, 6) is 0. The molecule has 4 heteroatoms. The van der Waals surface area contributed by atoms with Crippen molar-refractivity contribution in [3.8, 4) is 0 Å². The molecule has 1 rings (SSSR count). The van der Waals surface area contributed by atoms with Crippen molar-refractivity contribution in [3.05, 3.63) is 0 Å². The lowest BCUT2D eigenvalue weighted by atomic mass is 10.3. The minimum atomic E-state index is -1.81. The zero-order valence-corrected chi connectivity index (χ0v) is 5.99. The lowest BCUT2D eigenvalue weighted by molar-refractivity contribution is 0.524. The lowest BCUT2D eigenvalue weighted by Gasteiger charge is -2.05. The molecule has 0 aliphatic heterocycles. The second kappa shape index (κ2) is 3.29. The molecule has 2 N–H and O–H groups in total. The Bertz CT molecular complexity index is 112. The van der Waals surface area contributed by atoms with Crippen LogP contribution in [0.5, 0.6) is 0 Å². The van der Waals surface area contributed by atoms with Crippen molar-refractivity contribution in [1.82, 2.24) is 4.72 Å². The molecule has 0 spiro atoms. The highest BCUT2D eigenvalue weighted by Crippen LogP contribution is 2.17. The van der Waals surface area contributed by atoms with Crippen molar-refractivity contribution >= 4 is 11.3 Å². The van der Waals surface area contributed by atoms with E-state index < -0.39 is 11.3 Å². The van der Waals surface area contributed by atoms with Gasteiger partial charge in [-0.05, 0) is 12.8 Å². The van der Waals surface area contributed by atoms with Gasteiger partial charge in [0.05, 0.1) is 0 Å². The summed E-state index contributed by atoms with van der Waals surface area (Å²) < 4.78 is 21.1. The maximum Gasteiger partial charge on any atom is 0.231 e. The van der Waals surface area contributed by atoms with Crippen molar-refractivity contribution in [2.75, 3.05) is 0 Å². The standard InChI is InChI=1S/C5H11NO2S/c7-9(8)6-5-3-1-2-4-5/h5-6H,1-4H2,(H,7,8). The van der Waals surface area contributed by atoms with Crippen LogP contribution in [0.4, 0.5) is 0 Å². The molecule has 0 amide bonds. The second-order valence-corrected chi connectivity index (χ2v) is 3.08. The summed E-state index contributed by atoms with van der Waals surface area (Å²) in [4.78, 5) is 0. The highest BCUT2D eigenvalue weighted by Gasteiger charge is 2.15. The van der Waals surface area contributed by atoms with Crippen LogP contribution < -0.4 is 4.72 Å². The van der Waals surface area contributed by atoms with E-state index >= 15 is 0 Å². The van der Waals surface area contributed by atoms with Gasteiger partial charge in [0.25, 0.3) is 0 Å². The SMILES string of the molecule is O=S(O)NC1CCCC1. The minimum absolute atomic E-state index is 0.288. The van der Waals surface area contributed by atoms with Crippen molar-refractivity contribution in [1.29, 1.82) is 0 Å². The molecule has 1 unspecified atom stereocenters. The Hall–Kier alpha value is 0.0700. The Morgan fingerprint density at radius 2 is 2.00 bits per heavy atom. The van der Waals surface area contributed by atoms with Gasteiger partial charge < -0.3 is 0 Å². The fourth-order valence-corrected chi connectivity index (χ4v) is 1.71. The largest absolute Gasteiger partial charge is 0.294 e. The van der Waals surface area contributed by atoms with E-state index in [4.69, 9.17) is 4.55 Å². The Balaban J connectivity index is 2.19. The van der Waals surface area contributed by atoms with Crippen molar-refractivity contribution < 1.29 is 8.76 Å². The fraction of sp³-hybridized carbons (Fsp3) is 1.00. The average Bonchev–Trinajstić information content (AvgIpc) is 2.15. The summed E-state index contributed by atoms with van der Waals surface area (Å²) in [5.41, 5.74) is 0. The van der Waals surface area contributed by atoms with Gasteiger partial charge in [-0.2, -0.15) is 0 Å². The molecular formula is C5H11NO2S. The maximum atomic E-state index is 10.2. The van der Waals surface area contributed by atoms with Crippen LogP contribution in [-0.4, -0.2) is 14.8 Å². The van der Waals surface area contributed by atoms with Crippen LogP contribution in [0.1, 0.15) is 25.7 Å². The highest BCUT2D eigenvalue weighted by molar-refractivity contribution is 7.77. The quantitative estimate of drug-likeness (QED) is 0.566. The van der Waals surface area contributed by atoms with Gasteiger partial charge in [-0.15, -0.1) is 0 Å². The zero-order chi connectivity index (χ0) is 6.69. The van der Waals surface area contributed by atoms with Crippen LogP contribution in [0.3, 0.4) is 0 Å². The second-order valence-electron chi connectivity index (χ2n) is 2.35. The third kappa shape index (κ3) is 2.43. The van der Waals surface area contributed by atoms with Gasteiger partial charge in [-0.1, -0.05) is 12.8 Å². The number of hydrogen-bond donors (Lipinski definition) is 2. The van der Waals surface area contributed by atoms with Gasteiger partial charge in [0.2, 0.25) is 11.3 Å². The van der Waals surface area contributed by atoms with E-state index in [9.17, 15) is 4.21 Å². The smallest absolute Gasteiger partial charge is 0.231 e. The molecular weight excluding hydrogens is 138 g/mol. The van der Waals surface area contributed by atoms with Gasteiger partial charge >= 0.3 is 0 Å². The fourth-order valence-electron chi connectivity index (χ4n) is 1.19. The van der Waals surface area contributed by atoms with Gasteiger partial charge in [-0.3, -0.25) is 4.55 Å². The molecule has 0 saturated heterocycles. The normalized spacial score (nSPS) is 24.6. The molecule has 1 aliphatic rings. The van der Waals surface area contributed by atoms with Gasteiger partial charge in [0.15, 0.2) is 0 Å². The van der Waals surface area contributed by atoms with Gasteiger partial charge in [-0.25, -0.2) is 8.93 Å². The zero-order valence-electron chi connectivity index (χ0n) is 5.17. The Morgan fingerprint density at radius 3 is 2.44 bits per heavy atom. The molecule has 1 fully saturated rings.